The average molecular weight is 285 g/mol. The number of amides is 1. The van der Waals surface area contributed by atoms with Gasteiger partial charge in [0.15, 0.2) is 0 Å². The number of aryl methyl sites for hydroxylation is 2. The Morgan fingerprint density at radius 1 is 1.52 bits per heavy atom. The monoisotopic (exact) mass is 285 g/mol. The van der Waals surface area contributed by atoms with E-state index in [0.29, 0.717) is 17.9 Å². The molecule has 2 heterocycles. The zero-order valence-corrected chi connectivity index (χ0v) is 12.0. The Kier molecular flexibility index (Phi) is 3.60. The minimum atomic E-state index is -0.439. The molecule has 0 unspecified atom stereocenters. The molecule has 6 heteroatoms. The third-order valence-corrected chi connectivity index (χ3v) is 3.72. The van der Waals surface area contributed by atoms with E-state index in [1.807, 2.05) is 29.9 Å². The van der Waals surface area contributed by atoms with Crippen LogP contribution in [0.4, 0.5) is 5.82 Å². The predicted octanol–water partition coefficient (Wildman–Crippen LogP) is 1.37. The minimum absolute atomic E-state index is 0.0925. The van der Waals surface area contributed by atoms with Crippen LogP contribution in [0.15, 0.2) is 24.5 Å². The van der Waals surface area contributed by atoms with E-state index in [4.69, 9.17) is 5.73 Å². The molecule has 110 valence electrons. The second-order valence-electron chi connectivity index (χ2n) is 5.48. The lowest BCUT2D eigenvalue weighted by molar-refractivity contribution is 0.100. The van der Waals surface area contributed by atoms with Gasteiger partial charge in [0.05, 0.1) is 12.1 Å². The van der Waals surface area contributed by atoms with Crippen molar-refractivity contribution in [2.45, 2.75) is 38.8 Å². The van der Waals surface area contributed by atoms with Crippen LogP contribution < -0.4 is 11.1 Å². The molecule has 3 rings (SSSR count). The third-order valence-electron chi connectivity index (χ3n) is 3.72. The Balaban J connectivity index is 1.82. The van der Waals surface area contributed by atoms with Gasteiger partial charge >= 0.3 is 0 Å². The number of aromatic nitrogens is 3. The van der Waals surface area contributed by atoms with Crippen molar-refractivity contribution in [3.05, 3.63) is 41.3 Å². The van der Waals surface area contributed by atoms with E-state index in [-0.39, 0.29) is 6.04 Å². The lowest BCUT2D eigenvalue weighted by Gasteiger charge is -2.17. The maximum Gasteiger partial charge on any atom is 0.252 e. The SMILES string of the molecule is C[C@@H](Cn1cccn1)Nc1nc2c(cc1C(N)=O)CCC2. The molecule has 0 spiro atoms. The first-order chi connectivity index (χ1) is 10.1. The molecule has 3 N–H and O–H groups in total. The first-order valence-electron chi connectivity index (χ1n) is 7.20. The number of nitrogens with two attached hydrogens (primary N) is 1. The van der Waals surface area contributed by atoms with Crippen LogP contribution >= 0.6 is 0 Å². The van der Waals surface area contributed by atoms with Gasteiger partial charge < -0.3 is 11.1 Å². The number of hydrogen-bond acceptors (Lipinski definition) is 4. The number of anilines is 1. The number of fused-ring (bicyclic) bond motifs is 1. The fraction of sp³-hybridized carbons (Fsp3) is 0.400. The van der Waals surface area contributed by atoms with Gasteiger partial charge in [-0.1, -0.05) is 0 Å². The van der Waals surface area contributed by atoms with Crippen molar-refractivity contribution < 1.29 is 4.79 Å². The van der Waals surface area contributed by atoms with Crippen LogP contribution in [-0.2, 0) is 19.4 Å². The fourth-order valence-electron chi connectivity index (χ4n) is 2.74. The summed E-state index contributed by atoms with van der Waals surface area (Å²) in [5.74, 6) is 0.147. The molecule has 2 aromatic rings. The van der Waals surface area contributed by atoms with Gasteiger partial charge in [0.25, 0.3) is 5.91 Å². The van der Waals surface area contributed by atoms with Crippen LogP contribution in [0, 0.1) is 0 Å². The Bertz CT molecular complexity index is 650. The van der Waals surface area contributed by atoms with Gasteiger partial charge in [0, 0.05) is 24.1 Å². The Morgan fingerprint density at radius 3 is 3.10 bits per heavy atom. The maximum absolute atomic E-state index is 11.6. The second kappa shape index (κ2) is 5.55. The Morgan fingerprint density at radius 2 is 2.38 bits per heavy atom. The minimum Gasteiger partial charge on any atom is -0.365 e. The van der Waals surface area contributed by atoms with Crippen molar-refractivity contribution in [3.63, 3.8) is 0 Å². The standard InChI is InChI=1S/C15H19N5O/c1-10(9-20-7-3-6-17-20)18-15-12(14(16)21)8-11-4-2-5-13(11)19-15/h3,6-8,10H,2,4-5,9H2,1H3,(H2,16,21)(H,18,19)/t10-/m0/s1. The highest BCUT2D eigenvalue weighted by Gasteiger charge is 2.19. The molecule has 0 aliphatic heterocycles. The summed E-state index contributed by atoms with van der Waals surface area (Å²) in [6.45, 7) is 2.73. The Hall–Kier alpha value is -2.37. The van der Waals surface area contributed by atoms with Crippen LogP contribution in [0.1, 0.15) is 35.0 Å². The molecule has 0 bridgehead atoms. The molecular formula is C15H19N5O. The summed E-state index contributed by atoms with van der Waals surface area (Å²) in [5, 5.41) is 7.46. The zero-order chi connectivity index (χ0) is 14.8. The Labute approximate surface area is 123 Å². The smallest absolute Gasteiger partial charge is 0.252 e. The molecule has 0 aromatic carbocycles. The lowest BCUT2D eigenvalue weighted by Crippen LogP contribution is -2.25. The van der Waals surface area contributed by atoms with Crippen LogP contribution in [0.25, 0.3) is 0 Å². The van der Waals surface area contributed by atoms with E-state index in [1.165, 1.54) is 0 Å². The van der Waals surface area contributed by atoms with Gasteiger partial charge in [0.2, 0.25) is 0 Å². The molecule has 0 saturated heterocycles. The molecule has 1 aliphatic carbocycles. The zero-order valence-electron chi connectivity index (χ0n) is 12.0. The number of rotatable bonds is 5. The summed E-state index contributed by atoms with van der Waals surface area (Å²) >= 11 is 0. The molecule has 1 atom stereocenters. The number of carbonyl (C=O) groups excluding carboxylic acids is 1. The summed E-state index contributed by atoms with van der Waals surface area (Å²) in [6, 6.07) is 3.87. The number of nitrogens with one attached hydrogen (secondary N) is 1. The van der Waals surface area contributed by atoms with Crippen molar-refractivity contribution >= 4 is 11.7 Å². The van der Waals surface area contributed by atoms with E-state index in [9.17, 15) is 4.79 Å². The maximum atomic E-state index is 11.6. The van der Waals surface area contributed by atoms with Gasteiger partial charge in [-0.2, -0.15) is 5.10 Å². The molecule has 1 amide bonds. The number of nitrogens with zero attached hydrogens (tertiary/aromatic N) is 3. The number of hydrogen-bond donors (Lipinski definition) is 2. The molecular weight excluding hydrogens is 266 g/mol. The van der Waals surface area contributed by atoms with Gasteiger partial charge in [-0.15, -0.1) is 0 Å². The molecule has 0 fully saturated rings. The topological polar surface area (TPSA) is 85.8 Å². The van der Waals surface area contributed by atoms with E-state index in [2.05, 4.69) is 15.4 Å². The van der Waals surface area contributed by atoms with Crippen molar-refractivity contribution in [2.24, 2.45) is 5.73 Å². The molecule has 0 radical (unpaired) electrons. The van der Waals surface area contributed by atoms with Crippen molar-refractivity contribution in [1.29, 1.82) is 0 Å². The van der Waals surface area contributed by atoms with Gasteiger partial charge in [-0.25, -0.2) is 4.98 Å². The van der Waals surface area contributed by atoms with E-state index >= 15 is 0 Å². The number of pyridine rings is 1. The summed E-state index contributed by atoms with van der Waals surface area (Å²) in [7, 11) is 0. The summed E-state index contributed by atoms with van der Waals surface area (Å²) in [4.78, 5) is 16.2. The normalized spacial score (nSPS) is 14.7. The van der Waals surface area contributed by atoms with Gasteiger partial charge in [0.1, 0.15) is 5.82 Å². The third kappa shape index (κ3) is 2.89. The van der Waals surface area contributed by atoms with Crippen LogP contribution in [-0.4, -0.2) is 26.7 Å². The summed E-state index contributed by atoms with van der Waals surface area (Å²) < 4.78 is 1.84. The van der Waals surface area contributed by atoms with Crippen LogP contribution in [0.3, 0.4) is 0 Å². The highest BCUT2D eigenvalue weighted by Crippen LogP contribution is 2.25. The van der Waals surface area contributed by atoms with Crippen molar-refractivity contribution in [2.75, 3.05) is 5.32 Å². The van der Waals surface area contributed by atoms with E-state index in [0.717, 1.165) is 30.5 Å². The number of primary amides is 1. The molecule has 0 saturated carbocycles. The lowest BCUT2D eigenvalue weighted by atomic mass is 10.1. The molecule has 21 heavy (non-hydrogen) atoms. The quantitative estimate of drug-likeness (QED) is 0.868. The summed E-state index contributed by atoms with van der Waals surface area (Å²) in [5.41, 5.74) is 8.18. The summed E-state index contributed by atoms with van der Waals surface area (Å²) in [6.07, 6.45) is 6.69. The second-order valence-corrected chi connectivity index (χ2v) is 5.48. The largest absolute Gasteiger partial charge is 0.365 e. The van der Waals surface area contributed by atoms with Crippen molar-refractivity contribution in [1.82, 2.24) is 14.8 Å². The average Bonchev–Trinajstić information content (AvgIpc) is 3.07. The highest BCUT2D eigenvalue weighted by atomic mass is 16.1. The molecule has 2 aromatic heterocycles. The van der Waals surface area contributed by atoms with E-state index < -0.39 is 5.91 Å². The van der Waals surface area contributed by atoms with Gasteiger partial charge in [-0.3, -0.25) is 9.48 Å². The van der Waals surface area contributed by atoms with Crippen LogP contribution in [0.5, 0.6) is 0 Å². The number of carbonyl (C=O) groups is 1. The van der Waals surface area contributed by atoms with Crippen molar-refractivity contribution in [3.8, 4) is 0 Å². The first-order valence-corrected chi connectivity index (χ1v) is 7.20. The predicted molar refractivity (Wildman–Crippen MR) is 80.1 cm³/mol. The van der Waals surface area contributed by atoms with E-state index in [1.54, 1.807) is 6.20 Å². The molecule has 6 nitrogen and oxygen atoms in total. The van der Waals surface area contributed by atoms with Gasteiger partial charge in [-0.05, 0) is 43.9 Å². The first kappa shape index (κ1) is 13.6. The van der Waals surface area contributed by atoms with Crippen LogP contribution in [0.2, 0.25) is 0 Å². The highest BCUT2D eigenvalue weighted by molar-refractivity contribution is 5.97. The molecule has 1 aliphatic rings. The fourth-order valence-corrected chi connectivity index (χ4v) is 2.74.